The summed E-state index contributed by atoms with van der Waals surface area (Å²) in [5.74, 6) is 0.866. The molecule has 1 N–H and O–H groups in total. The molecule has 1 heterocycles. The number of amides is 1. The first kappa shape index (κ1) is 15.5. The lowest BCUT2D eigenvalue weighted by Gasteiger charge is -2.29. The molecule has 0 spiro atoms. The summed E-state index contributed by atoms with van der Waals surface area (Å²) >= 11 is 0. The van der Waals surface area contributed by atoms with Gasteiger partial charge in [0.1, 0.15) is 0 Å². The molecule has 1 saturated heterocycles. The van der Waals surface area contributed by atoms with Gasteiger partial charge in [-0.3, -0.25) is 4.79 Å². The van der Waals surface area contributed by atoms with Gasteiger partial charge in [0.15, 0.2) is 0 Å². The summed E-state index contributed by atoms with van der Waals surface area (Å²) in [5.41, 5.74) is 0. The number of carbonyl (C=O) groups is 1. The molecule has 0 aromatic carbocycles. The van der Waals surface area contributed by atoms with Crippen molar-refractivity contribution in [2.45, 2.75) is 71.9 Å². The Kier molecular flexibility index (Phi) is 6.69. The molecule has 0 saturated carbocycles. The Hall–Kier alpha value is -0.570. The Bertz CT molecular complexity index is 245. The molecule has 0 aliphatic carbocycles. The summed E-state index contributed by atoms with van der Waals surface area (Å²) in [6.45, 7) is 10.5. The van der Waals surface area contributed by atoms with E-state index in [0.29, 0.717) is 12.0 Å². The lowest BCUT2D eigenvalue weighted by Crippen LogP contribution is -2.49. The predicted octanol–water partition coefficient (Wildman–Crippen LogP) is 2.80. The van der Waals surface area contributed by atoms with Gasteiger partial charge in [0.05, 0.1) is 6.04 Å². The molecule has 1 fully saturated rings. The van der Waals surface area contributed by atoms with E-state index >= 15 is 0 Å². The molecule has 1 aliphatic rings. The second-order valence-corrected chi connectivity index (χ2v) is 5.89. The SMILES string of the molecule is CCC(NC(C)C(=O)N1CCCCCC1)C(C)C. The van der Waals surface area contributed by atoms with Gasteiger partial charge in [-0.25, -0.2) is 0 Å². The Morgan fingerprint density at radius 3 is 2.11 bits per heavy atom. The third-order valence-electron chi connectivity index (χ3n) is 4.00. The molecule has 2 unspecified atom stereocenters. The van der Waals surface area contributed by atoms with E-state index in [0.717, 1.165) is 19.5 Å². The second kappa shape index (κ2) is 7.78. The summed E-state index contributed by atoms with van der Waals surface area (Å²) in [5, 5.41) is 3.49. The van der Waals surface area contributed by atoms with Crippen LogP contribution in [0.25, 0.3) is 0 Å². The number of nitrogens with zero attached hydrogens (tertiary/aromatic N) is 1. The van der Waals surface area contributed by atoms with Crippen LogP contribution in [0.4, 0.5) is 0 Å². The first-order valence-electron chi connectivity index (χ1n) is 7.61. The standard InChI is InChI=1S/C15H30N2O/c1-5-14(12(2)3)16-13(4)15(18)17-10-8-6-7-9-11-17/h12-14,16H,5-11H2,1-4H3. The number of nitrogens with one attached hydrogen (secondary N) is 1. The topological polar surface area (TPSA) is 32.3 Å². The third-order valence-corrected chi connectivity index (χ3v) is 4.00. The maximum atomic E-state index is 12.4. The lowest BCUT2D eigenvalue weighted by atomic mass is 10.0. The van der Waals surface area contributed by atoms with Crippen molar-refractivity contribution in [1.29, 1.82) is 0 Å². The molecule has 3 nitrogen and oxygen atoms in total. The minimum atomic E-state index is -0.0459. The van der Waals surface area contributed by atoms with Gasteiger partial charge in [0.2, 0.25) is 5.91 Å². The van der Waals surface area contributed by atoms with Crippen LogP contribution >= 0.6 is 0 Å². The van der Waals surface area contributed by atoms with E-state index in [-0.39, 0.29) is 11.9 Å². The normalized spacial score (nSPS) is 20.6. The molecular formula is C15H30N2O. The average Bonchev–Trinajstić information content (AvgIpc) is 2.62. The van der Waals surface area contributed by atoms with Crippen molar-refractivity contribution in [2.24, 2.45) is 5.92 Å². The van der Waals surface area contributed by atoms with Gasteiger partial charge >= 0.3 is 0 Å². The quantitative estimate of drug-likeness (QED) is 0.818. The van der Waals surface area contributed by atoms with Crippen molar-refractivity contribution >= 4 is 5.91 Å². The molecule has 0 radical (unpaired) electrons. The fraction of sp³-hybridized carbons (Fsp3) is 0.933. The summed E-state index contributed by atoms with van der Waals surface area (Å²) in [6.07, 6.45) is 5.96. The number of rotatable bonds is 5. The first-order chi connectivity index (χ1) is 8.56. The van der Waals surface area contributed by atoms with Crippen molar-refractivity contribution in [3.05, 3.63) is 0 Å². The zero-order valence-corrected chi connectivity index (χ0v) is 12.5. The molecule has 1 rings (SSSR count). The van der Waals surface area contributed by atoms with Crippen LogP contribution in [0.5, 0.6) is 0 Å². The summed E-state index contributed by atoms with van der Waals surface area (Å²) in [7, 11) is 0. The first-order valence-corrected chi connectivity index (χ1v) is 7.61. The van der Waals surface area contributed by atoms with E-state index in [1.807, 2.05) is 6.92 Å². The van der Waals surface area contributed by atoms with Crippen LogP contribution < -0.4 is 5.32 Å². The highest BCUT2D eigenvalue weighted by atomic mass is 16.2. The molecule has 106 valence electrons. The number of hydrogen-bond donors (Lipinski definition) is 1. The maximum absolute atomic E-state index is 12.4. The van der Waals surface area contributed by atoms with Crippen molar-refractivity contribution in [3.63, 3.8) is 0 Å². The Morgan fingerprint density at radius 2 is 1.67 bits per heavy atom. The molecular weight excluding hydrogens is 224 g/mol. The van der Waals surface area contributed by atoms with E-state index in [2.05, 4.69) is 31.0 Å². The number of carbonyl (C=O) groups excluding carboxylic acids is 1. The maximum Gasteiger partial charge on any atom is 0.239 e. The molecule has 0 aromatic heterocycles. The zero-order chi connectivity index (χ0) is 13.5. The van der Waals surface area contributed by atoms with Gasteiger partial charge in [-0.1, -0.05) is 33.6 Å². The molecule has 2 atom stereocenters. The summed E-state index contributed by atoms with van der Waals surface area (Å²) in [6, 6.07) is 0.395. The van der Waals surface area contributed by atoms with E-state index in [1.54, 1.807) is 0 Å². The minimum Gasteiger partial charge on any atom is -0.341 e. The lowest BCUT2D eigenvalue weighted by molar-refractivity contribution is -0.133. The van der Waals surface area contributed by atoms with Crippen LogP contribution in [0.15, 0.2) is 0 Å². The van der Waals surface area contributed by atoms with Crippen LogP contribution in [-0.2, 0) is 4.79 Å². The van der Waals surface area contributed by atoms with E-state index in [4.69, 9.17) is 0 Å². The minimum absolute atomic E-state index is 0.0459. The Labute approximate surface area is 112 Å². The molecule has 3 heteroatoms. The molecule has 1 amide bonds. The van der Waals surface area contributed by atoms with E-state index in [9.17, 15) is 4.79 Å². The molecule has 18 heavy (non-hydrogen) atoms. The third kappa shape index (κ3) is 4.60. The molecule has 1 aliphatic heterocycles. The van der Waals surface area contributed by atoms with Gasteiger partial charge in [-0.15, -0.1) is 0 Å². The van der Waals surface area contributed by atoms with Crippen molar-refractivity contribution in [3.8, 4) is 0 Å². The van der Waals surface area contributed by atoms with Gasteiger partial charge in [-0.05, 0) is 32.1 Å². The zero-order valence-electron chi connectivity index (χ0n) is 12.5. The van der Waals surface area contributed by atoms with Crippen LogP contribution in [0.1, 0.15) is 59.8 Å². The van der Waals surface area contributed by atoms with Crippen molar-refractivity contribution in [1.82, 2.24) is 10.2 Å². The fourth-order valence-corrected chi connectivity index (χ4v) is 2.74. The van der Waals surface area contributed by atoms with Crippen molar-refractivity contribution < 1.29 is 4.79 Å². The van der Waals surface area contributed by atoms with Crippen molar-refractivity contribution in [2.75, 3.05) is 13.1 Å². The molecule has 0 bridgehead atoms. The Balaban J connectivity index is 2.48. The van der Waals surface area contributed by atoms with Crippen LogP contribution in [0.3, 0.4) is 0 Å². The number of hydrogen-bond acceptors (Lipinski definition) is 2. The predicted molar refractivity (Wildman–Crippen MR) is 76.6 cm³/mol. The monoisotopic (exact) mass is 254 g/mol. The highest BCUT2D eigenvalue weighted by molar-refractivity contribution is 5.81. The highest BCUT2D eigenvalue weighted by Gasteiger charge is 2.23. The van der Waals surface area contributed by atoms with Gasteiger partial charge < -0.3 is 10.2 Å². The second-order valence-electron chi connectivity index (χ2n) is 5.89. The average molecular weight is 254 g/mol. The summed E-state index contributed by atoms with van der Waals surface area (Å²) < 4.78 is 0. The van der Waals surface area contributed by atoms with Crippen LogP contribution in [0, 0.1) is 5.92 Å². The largest absolute Gasteiger partial charge is 0.341 e. The van der Waals surface area contributed by atoms with Gasteiger partial charge in [-0.2, -0.15) is 0 Å². The summed E-state index contributed by atoms with van der Waals surface area (Å²) in [4.78, 5) is 14.4. The number of likely N-dealkylation sites (tertiary alicyclic amines) is 1. The highest BCUT2D eigenvalue weighted by Crippen LogP contribution is 2.12. The van der Waals surface area contributed by atoms with Gasteiger partial charge in [0, 0.05) is 19.1 Å². The van der Waals surface area contributed by atoms with E-state index < -0.39 is 0 Å². The fourth-order valence-electron chi connectivity index (χ4n) is 2.74. The van der Waals surface area contributed by atoms with Crippen LogP contribution in [0.2, 0.25) is 0 Å². The van der Waals surface area contributed by atoms with E-state index in [1.165, 1.54) is 25.7 Å². The van der Waals surface area contributed by atoms with Gasteiger partial charge in [0.25, 0.3) is 0 Å². The smallest absolute Gasteiger partial charge is 0.239 e. The molecule has 0 aromatic rings. The Morgan fingerprint density at radius 1 is 1.11 bits per heavy atom. The van der Waals surface area contributed by atoms with Crippen LogP contribution in [-0.4, -0.2) is 36.0 Å².